The number of para-hydroxylation sites is 1. The van der Waals surface area contributed by atoms with Crippen LogP contribution in [-0.2, 0) is 0 Å². The van der Waals surface area contributed by atoms with Crippen LogP contribution in [0, 0.1) is 13.8 Å². The standard InChI is InChI=1S/C25H28N2O2/c1-19-17-22(18-20(2)25(19)29-16-15-26-11-5-6-12-26)24(28)10-14-27-13-9-21-7-3-4-8-23(21)27/h3-4,7-10,13-14,17-18H,5-6,11-12,15-16H2,1-2H3. The Morgan fingerprint density at radius 2 is 1.79 bits per heavy atom. The van der Waals surface area contributed by atoms with Crippen molar-refractivity contribution in [1.82, 2.24) is 9.47 Å². The molecule has 0 spiro atoms. The van der Waals surface area contributed by atoms with Gasteiger partial charge in [-0.15, -0.1) is 0 Å². The minimum absolute atomic E-state index is 0.00222. The molecule has 0 atom stereocenters. The summed E-state index contributed by atoms with van der Waals surface area (Å²) in [5, 5.41) is 1.16. The van der Waals surface area contributed by atoms with Crippen molar-refractivity contribution in [2.24, 2.45) is 0 Å². The Balaban J connectivity index is 1.44. The number of hydrogen-bond donors (Lipinski definition) is 0. The Morgan fingerprint density at radius 1 is 1.07 bits per heavy atom. The minimum atomic E-state index is -0.00222. The second-order valence-corrected chi connectivity index (χ2v) is 7.80. The number of fused-ring (bicyclic) bond motifs is 1. The van der Waals surface area contributed by atoms with Crippen molar-refractivity contribution >= 4 is 22.9 Å². The number of rotatable bonds is 7. The van der Waals surface area contributed by atoms with Crippen molar-refractivity contribution in [2.75, 3.05) is 26.2 Å². The molecule has 1 aromatic heterocycles. The van der Waals surface area contributed by atoms with E-state index in [0.29, 0.717) is 12.2 Å². The first kappa shape index (κ1) is 19.5. The first-order valence-corrected chi connectivity index (χ1v) is 10.4. The summed E-state index contributed by atoms with van der Waals surface area (Å²) in [5.74, 6) is 0.902. The van der Waals surface area contributed by atoms with Crippen LogP contribution in [0.1, 0.15) is 34.3 Å². The zero-order valence-electron chi connectivity index (χ0n) is 17.2. The van der Waals surface area contributed by atoms with Gasteiger partial charge in [0.25, 0.3) is 0 Å². The maximum absolute atomic E-state index is 12.7. The quantitative estimate of drug-likeness (QED) is 0.418. The third kappa shape index (κ3) is 4.43. The average molecular weight is 389 g/mol. The fourth-order valence-electron chi connectivity index (χ4n) is 4.08. The molecule has 2 aromatic carbocycles. The second-order valence-electron chi connectivity index (χ2n) is 7.80. The summed E-state index contributed by atoms with van der Waals surface area (Å²) in [4.78, 5) is 15.2. The Kier molecular flexibility index (Phi) is 5.81. The van der Waals surface area contributed by atoms with E-state index in [1.54, 1.807) is 6.08 Å². The number of allylic oxidation sites excluding steroid dienone is 1. The molecule has 1 aliphatic heterocycles. The summed E-state index contributed by atoms with van der Waals surface area (Å²) in [7, 11) is 0. The number of aryl methyl sites for hydroxylation is 2. The number of likely N-dealkylation sites (tertiary alicyclic amines) is 1. The van der Waals surface area contributed by atoms with Gasteiger partial charge < -0.3 is 9.30 Å². The van der Waals surface area contributed by atoms with Gasteiger partial charge in [0, 0.05) is 30.6 Å². The lowest BCUT2D eigenvalue weighted by molar-refractivity contribution is 0.104. The van der Waals surface area contributed by atoms with Gasteiger partial charge >= 0.3 is 0 Å². The molecule has 4 heteroatoms. The monoisotopic (exact) mass is 388 g/mol. The summed E-state index contributed by atoms with van der Waals surface area (Å²) in [6.07, 6.45) is 8.02. The van der Waals surface area contributed by atoms with E-state index >= 15 is 0 Å². The smallest absolute Gasteiger partial charge is 0.187 e. The predicted molar refractivity (Wildman–Crippen MR) is 119 cm³/mol. The lowest BCUT2D eigenvalue weighted by Gasteiger charge is -2.17. The first-order valence-electron chi connectivity index (χ1n) is 10.4. The molecule has 29 heavy (non-hydrogen) atoms. The number of nitrogens with zero attached hydrogens (tertiary/aromatic N) is 2. The zero-order chi connectivity index (χ0) is 20.2. The summed E-state index contributed by atoms with van der Waals surface area (Å²) in [5.41, 5.74) is 3.80. The van der Waals surface area contributed by atoms with Gasteiger partial charge in [0.1, 0.15) is 12.4 Å². The highest BCUT2D eigenvalue weighted by atomic mass is 16.5. The molecule has 1 fully saturated rings. The zero-order valence-corrected chi connectivity index (χ0v) is 17.2. The molecule has 4 rings (SSSR count). The molecule has 1 aliphatic rings. The van der Waals surface area contributed by atoms with E-state index in [0.717, 1.165) is 34.3 Å². The van der Waals surface area contributed by atoms with Crippen LogP contribution in [0.4, 0.5) is 0 Å². The van der Waals surface area contributed by atoms with Gasteiger partial charge in [0.15, 0.2) is 5.78 Å². The van der Waals surface area contributed by atoms with E-state index in [2.05, 4.69) is 11.0 Å². The largest absolute Gasteiger partial charge is 0.492 e. The van der Waals surface area contributed by atoms with Gasteiger partial charge in [-0.3, -0.25) is 9.69 Å². The highest BCUT2D eigenvalue weighted by Gasteiger charge is 2.13. The maximum Gasteiger partial charge on any atom is 0.187 e. The van der Waals surface area contributed by atoms with Crippen LogP contribution < -0.4 is 4.74 Å². The number of carbonyl (C=O) groups is 1. The molecule has 0 bridgehead atoms. The molecular formula is C25H28N2O2. The van der Waals surface area contributed by atoms with Crippen molar-refractivity contribution < 1.29 is 9.53 Å². The Bertz CT molecular complexity index is 1020. The number of ether oxygens (including phenoxy) is 1. The van der Waals surface area contributed by atoms with E-state index in [4.69, 9.17) is 4.74 Å². The molecular weight excluding hydrogens is 360 g/mol. The molecule has 1 saturated heterocycles. The summed E-state index contributed by atoms with van der Waals surface area (Å²) >= 11 is 0. The van der Waals surface area contributed by atoms with Gasteiger partial charge in [-0.2, -0.15) is 0 Å². The molecule has 0 radical (unpaired) electrons. The molecule has 0 amide bonds. The SMILES string of the molecule is Cc1cc(C(=O)C=Cn2ccc3ccccc32)cc(C)c1OCCN1CCCC1. The van der Waals surface area contributed by atoms with Crippen molar-refractivity contribution in [1.29, 1.82) is 0 Å². The molecule has 0 unspecified atom stereocenters. The van der Waals surface area contributed by atoms with Gasteiger partial charge in [-0.25, -0.2) is 0 Å². The van der Waals surface area contributed by atoms with Crippen LogP contribution in [0.5, 0.6) is 5.75 Å². The van der Waals surface area contributed by atoms with Crippen molar-refractivity contribution in [3.8, 4) is 5.75 Å². The Morgan fingerprint density at radius 3 is 2.55 bits per heavy atom. The number of aromatic nitrogens is 1. The number of benzene rings is 2. The minimum Gasteiger partial charge on any atom is -0.492 e. The maximum atomic E-state index is 12.7. The van der Waals surface area contributed by atoms with E-state index in [1.807, 2.05) is 67.2 Å². The fraction of sp³-hybridized carbons (Fsp3) is 0.320. The van der Waals surface area contributed by atoms with Crippen LogP contribution in [0.3, 0.4) is 0 Å². The van der Waals surface area contributed by atoms with Crippen LogP contribution >= 0.6 is 0 Å². The predicted octanol–water partition coefficient (Wildman–Crippen LogP) is 5.09. The highest BCUT2D eigenvalue weighted by molar-refractivity contribution is 6.06. The van der Waals surface area contributed by atoms with Crippen LogP contribution in [0.2, 0.25) is 0 Å². The van der Waals surface area contributed by atoms with Crippen LogP contribution in [0.15, 0.2) is 54.7 Å². The second kappa shape index (κ2) is 8.66. The molecule has 150 valence electrons. The van der Waals surface area contributed by atoms with Gasteiger partial charge in [-0.05, 0) is 80.6 Å². The molecule has 0 saturated carbocycles. The third-order valence-corrected chi connectivity index (χ3v) is 5.61. The molecule has 0 aliphatic carbocycles. The Hall–Kier alpha value is -2.85. The lowest BCUT2D eigenvalue weighted by atomic mass is 10.0. The average Bonchev–Trinajstić information content (AvgIpc) is 3.38. The first-order chi connectivity index (χ1) is 14.1. The van der Waals surface area contributed by atoms with Gasteiger partial charge in [-0.1, -0.05) is 18.2 Å². The van der Waals surface area contributed by atoms with E-state index < -0.39 is 0 Å². The molecule has 0 N–H and O–H groups in total. The van der Waals surface area contributed by atoms with E-state index in [9.17, 15) is 4.79 Å². The van der Waals surface area contributed by atoms with Crippen molar-refractivity contribution in [3.05, 3.63) is 71.4 Å². The van der Waals surface area contributed by atoms with Gasteiger partial charge in [0.05, 0.1) is 5.52 Å². The van der Waals surface area contributed by atoms with Crippen LogP contribution in [-0.4, -0.2) is 41.5 Å². The van der Waals surface area contributed by atoms with E-state index in [-0.39, 0.29) is 5.78 Å². The van der Waals surface area contributed by atoms with Crippen molar-refractivity contribution in [2.45, 2.75) is 26.7 Å². The molecule has 2 heterocycles. The van der Waals surface area contributed by atoms with Crippen LogP contribution in [0.25, 0.3) is 17.1 Å². The molecule has 3 aromatic rings. The lowest BCUT2D eigenvalue weighted by Crippen LogP contribution is -2.25. The van der Waals surface area contributed by atoms with E-state index in [1.165, 1.54) is 25.9 Å². The third-order valence-electron chi connectivity index (χ3n) is 5.61. The molecule has 4 nitrogen and oxygen atoms in total. The Labute approximate surface area is 172 Å². The fourth-order valence-corrected chi connectivity index (χ4v) is 4.08. The highest BCUT2D eigenvalue weighted by Crippen LogP contribution is 2.25. The summed E-state index contributed by atoms with van der Waals surface area (Å²) in [6.45, 7) is 8.04. The number of carbonyl (C=O) groups excluding carboxylic acids is 1. The number of ketones is 1. The van der Waals surface area contributed by atoms with Crippen molar-refractivity contribution in [3.63, 3.8) is 0 Å². The summed E-state index contributed by atoms with van der Waals surface area (Å²) < 4.78 is 8.03. The normalized spacial score (nSPS) is 14.8. The summed E-state index contributed by atoms with van der Waals surface area (Å²) in [6, 6.07) is 14.0. The topological polar surface area (TPSA) is 34.5 Å². The number of hydrogen-bond acceptors (Lipinski definition) is 3. The van der Waals surface area contributed by atoms with Gasteiger partial charge in [0.2, 0.25) is 0 Å².